The van der Waals surface area contributed by atoms with E-state index in [1.807, 2.05) is 18.3 Å². The minimum Gasteiger partial charge on any atom is -0.357 e. The van der Waals surface area contributed by atoms with Crippen LogP contribution < -0.4 is 10.6 Å². The van der Waals surface area contributed by atoms with Crippen molar-refractivity contribution in [1.82, 2.24) is 15.6 Å². The maximum atomic E-state index is 5.83. The van der Waals surface area contributed by atoms with Crippen molar-refractivity contribution in [3.63, 3.8) is 0 Å². The fourth-order valence-corrected chi connectivity index (χ4v) is 4.26. The number of hydrogen-bond acceptors (Lipinski definition) is 2. The summed E-state index contributed by atoms with van der Waals surface area (Å²) in [4.78, 5) is 8.96. The maximum Gasteiger partial charge on any atom is 0.191 e. The Balaban J connectivity index is 1.29. The van der Waals surface area contributed by atoms with E-state index < -0.39 is 0 Å². The van der Waals surface area contributed by atoms with Gasteiger partial charge in [0.25, 0.3) is 0 Å². The third kappa shape index (κ3) is 3.70. The molecule has 2 N–H and O–H groups in total. The third-order valence-electron chi connectivity index (χ3n) is 5.50. The second-order valence-corrected chi connectivity index (χ2v) is 7.53. The van der Waals surface area contributed by atoms with Crippen molar-refractivity contribution < 1.29 is 0 Å². The standard InChI is InChI=1S/C21H25ClN4/c1-2-23-21(24-10-9-14-7-8-19(22)25-12-14)26-13-18-17-11-15-5-3-4-6-16(15)20(17)18/h3-8,12,17-18,20H,2,9-11,13H2,1H3,(H2,23,24,26). The van der Waals surface area contributed by atoms with Crippen molar-refractivity contribution in [3.8, 4) is 0 Å². The van der Waals surface area contributed by atoms with Crippen LogP contribution in [0.4, 0.5) is 0 Å². The second-order valence-electron chi connectivity index (χ2n) is 7.14. The molecule has 1 fully saturated rings. The number of rotatable bonds is 6. The van der Waals surface area contributed by atoms with Crippen LogP contribution in [0.3, 0.4) is 0 Å². The number of hydrogen-bond donors (Lipinski definition) is 2. The zero-order valence-electron chi connectivity index (χ0n) is 15.1. The molecule has 0 saturated heterocycles. The van der Waals surface area contributed by atoms with Gasteiger partial charge in [-0.2, -0.15) is 0 Å². The summed E-state index contributed by atoms with van der Waals surface area (Å²) in [6.07, 6.45) is 3.96. The highest BCUT2D eigenvalue weighted by atomic mass is 35.5. The first-order valence-corrected chi connectivity index (χ1v) is 9.84. The predicted octanol–water partition coefficient (Wildman–Crippen LogP) is 3.42. The summed E-state index contributed by atoms with van der Waals surface area (Å²) in [5, 5.41) is 7.31. The lowest BCUT2D eigenvalue weighted by Gasteiger charge is -2.12. The van der Waals surface area contributed by atoms with Crippen LogP contribution in [0.5, 0.6) is 0 Å². The number of nitrogens with zero attached hydrogens (tertiary/aromatic N) is 2. The first-order valence-electron chi connectivity index (χ1n) is 9.46. The van der Waals surface area contributed by atoms with E-state index in [2.05, 4.69) is 46.8 Å². The van der Waals surface area contributed by atoms with Crippen LogP contribution in [0.25, 0.3) is 0 Å². The summed E-state index contributed by atoms with van der Waals surface area (Å²) in [5.74, 6) is 3.16. The van der Waals surface area contributed by atoms with E-state index >= 15 is 0 Å². The lowest BCUT2D eigenvalue weighted by Crippen LogP contribution is -2.38. The van der Waals surface area contributed by atoms with Crippen LogP contribution in [-0.2, 0) is 12.8 Å². The van der Waals surface area contributed by atoms with Crippen molar-refractivity contribution in [3.05, 3.63) is 64.4 Å². The summed E-state index contributed by atoms with van der Waals surface area (Å²) < 4.78 is 0. The number of halogens is 1. The summed E-state index contributed by atoms with van der Waals surface area (Å²) in [7, 11) is 0. The van der Waals surface area contributed by atoms with Gasteiger partial charge in [-0.1, -0.05) is 41.9 Å². The van der Waals surface area contributed by atoms with Gasteiger partial charge in [-0.05, 0) is 60.3 Å². The van der Waals surface area contributed by atoms with Crippen molar-refractivity contribution in [2.75, 3.05) is 19.6 Å². The van der Waals surface area contributed by atoms with Crippen molar-refractivity contribution in [1.29, 1.82) is 0 Å². The molecule has 1 saturated carbocycles. The molecule has 3 atom stereocenters. The predicted molar refractivity (Wildman–Crippen MR) is 107 cm³/mol. The topological polar surface area (TPSA) is 49.3 Å². The van der Waals surface area contributed by atoms with E-state index in [1.54, 1.807) is 11.1 Å². The van der Waals surface area contributed by atoms with Gasteiger partial charge in [0.15, 0.2) is 5.96 Å². The monoisotopic (exact) mass is 368 g/mol. The number of aromatic nitrogens is 1. The van der Waals surface area contributed by atoms with Gasteiger partial charge in [0.05, 0.1) is 0 Å². The Kier molecular flexibility index (Phi) is 5.11. The first kappa shape index (κ1) is 17.3. The zero-order chi connectivity index (χ0) is 17.9. The van der Waals surface area contributed by atoms with E-state index in [0.717, 1.165) is 43.9 Å². The molecule has 26 heavy (non-hydrogen) atoms. The quantitative estimate of drug-likeness (QED) is 0.466. The number of nitrogens with one attached hydrogen (secondary N) is 2. The molecule has 4 rings (SSSR count). The van der Waals surface area contributed by atoms with E-state index in [1.165, 1.54) is 12.0 Å². The minimum atomic E-state index is 0.535. The van der Waals surface area contributed by atoms with Crippen LogP contribution in [-0.4, -0.2) is 30.6 Å². The highest BCUT2D eigenvalue weighted by Gasteiger charge is 2.54. The molecule has 136 valence electrons. The van der Waals surface area contributed by atoms with Gasteiger partial charge in [0.1, 0.15) is 5.15 Å². The lowest BCUT2D eigenvalue weighted by atomic mass is 10.0. The van der Waals surface area contributed by atoms with Crippen molar-refractivity contribution in [2.45, 2.75) is 25.7 Å². The zero-order valence-corrected chi connectivity index (χ0v) is 15.8. The molecule has 0 aliphatic heterocycles. The smallest absolute Gasteiger partial charge is 0.191 e. The Bertz CT molecular complexity index is 787. The molecule has 0 spiro atoms. The van der Waals surface area contributed by atoms with E-state index in [0.29, 0.717) is 11.1 Å². The molecule has 0 amide bonds. The van der Waals surface area contributed by atoms with Gasteiger partial charge < -0.3 is 10.6 Å². The van der Waals surface area contributed by atoms with Gasteiger partial charge in [0, 0.05) is 25.8 Å². The Morgan fingerprint density at radius 3 is 2.92 bits per heavy atom. The highest BCUT2D eigenvalue weighted by molar-refractivity contribution is 6.29. The molecule has 2 aromatic rings. The molecule has 5 heteroatoms. The largest absolute Gasteiger partial charge is 0.357 e. The molecule has 0 radical (unpaired) electrons. The van der Waals surface area contributed by atoms with Gasteiger partial charge in [-0.15, -0.1) is 0 Å². The van der Waals surface area contributed by atoms with Gasteiger partial charge in [-0.3, -0.25) is 4.99 Å². The van der Waals surface area contributed by atoms with Crippen LogP contribution in [0.1, 0.15) is 29.5 Å². The molecule has 3 unspecified atom stereocenters. The number of aliphatic imine (C=N–C) groups is 1. The fourth-order valence-electron chi connectivity index (χ4n) is 4.15. The van der Waals surface area contributed by atoms with Gasteiger partial charge in [-0.25, -0.2) is 4.98 Å². The SMILES string of the molecule is CCNC(=NCC1C2Cc3ccccc3C12)NCCc1ccc(Cl)nc1. The molecule has 0 bridgehead atoms. The molecular weight excluding hydrogens is 344 g/mol. The maximum absolute atomic E-state index is 5.83. The average molecular weight is 369 g/mol. The number of pyridine rings is 1. The molecular formula is C21H25ClN4. The van der Waals surface area contributed by atoms with Crippen LogP contribution in [0.2, 0.25) is 5.15 Å². The van der Waals surface area contributed by atoms with E-state index in [9.17, 15) is 0 Å². The fraction of sp³-hybridized carbons (Fsp3) is 0.429. The van der Waals surface area contributed by atoms with Crippen LogP contribution in [0, 0.1) is 11.8 Å². The molecule has 2 aliphatic rings. The molecule has 4 nitrogen and oxygen atoms in total. The molecule has 1 heterocycles. The third-order valence-corrected chi connectivity index (χ3v) is 5.72. The van der Waals surface area contributed by atoms with Gasteiger partial charge in [0.2, 0.25) is 0 Å². The summed E-state index contributed by atoms with van der Waals surface area (Å²) >= 11 is 5.83. The molecule has 1 aromatic carbocycles. The first-order chi connectivity index (χ1) is 12.8. The number of guanidine groups is 1. The number of fused-ring (bicyclic) bond motifs is 3. The van der Waals surface area contributed by atoms with Crippen molar-refractivity contribution >= 4 is 17.6 Å². The van der Waals surface area contributed by atoms with E-state index in [4.69, 9.17) is 16.6 Å². The minimum absolute atomic E-state index is 0.535. The van der Waals surface area contributed by atoms with Gasteiger partial charge >= 0.3 is 0 Å². The highest BCUT2D eigenvalue weighted by Crippen LogP contribution is 2.61. The van der Waals surface area contributed by atoms with Crippen LogP contribution >= 0.6 is 11.6 Å². The summed E-state index contributed by atoms with van der Waals surface area (Å²) in [5.41, 5.74) is 4.28. The molecule has 1 aromatic heterocycles. The summed E-state index contributed by atoms with van der Waals surface area (Å²) in [6, 6.07) is 12.7. The normalized spacial score (nSPS) is 23.3. The average Bonchev–Trinajstić information content (AvgIpc) is 3.19. The second kappa shape index (κ2) is 7.67. The number of benzene rings is 1. The Hall–Kier alpha value is -2.07. The van der Waals surface area contributed by atoms with Crippen LogP contribution in [0.15, 0.2) is 47.6 Å². The summed E-state index contributed by atoms with van der Waals surface area (Å²) in [6.45, 7) is 4.70. The van der Waals surface area contributed by atoms with E-state index in [-0.39, 0.29) is 0 Å². The lowest BCUT2D eigenvalue weighted by molar-refractivity contribution is 0.691. The Morgan fingerprint density at radius 1 is 1.23 bits per heavy atom. The molecule has 2 aliphatic carbocycles. The Labute approximate surface area is 160 Å². The Morgan fingerprint density at radius 2 is 2.12 bits per heavy atom. The van der Waals surface area contributed by atoms with Crippen molar-refractivity contribution in [2.24, 2.45) is 16.8 Å².